The van der Waals surface area contributed by atoms with Gasteiger partial charge in [-0.2, -0.15) is 0 Å². The monoisotopic (exact) mass is 500 g/mol. The lowest BCUT2D eigenvalue weighted by Gasteiger charge is -2.56. The smallest absolute Gasteiger partial charge is 0.312 e. The van der Waals surface area contributed by atoms with E-state index in [0.29, 0.717) is 12.8 Å². The summed E-state index contributed by atoms with van der Waals surface area (Å²) >= 11 is 0. The second kappa shape index (κ2) is 12.1. The van der Waals surface area contributed by atoms with Gasteiger partial charge in [-0.25, -0.2) is 0 Å². The zero-order valence-electron chi connectivity index (χ0n) is 24.6. The summed E-state index contributed by atoms with van der Waals surface area (Å²) < 4.78 is 15.8. The van der Waals surface area contributed by atoms with Crippen LogP contribution in [-0.4, -0.2) is 49.4 Å². The van der Waals surface area contributed by atoms with E-state index in [2.05, 4.69) is 41.5 Å². The predicted octanol–water partition coefficient (Wildman–Crippen LogP) is 5.56. The van der Waals surface area contributed by atoms with Crippen molar-refractivity contribution in [2.75, 3.05) is 20.3 Å². The van der Waals surface area contributed by atoms with Gasteiger partial charge in [-0.05, 0) is 48.9 Å². The quantitative estimate of drug-likeness (QED) is 0.261. The molecule has 0 heterocycles. The van der Waals surface area contributed by atoms with Crippen LogP contribution in [0.2, 0.25) is 0 Å². The Morgan fingerprint density at radius 3 is 1.69 bits per heavy atom. The number of hydrogen-bond acceptors (Lipinski definition) is 7. The molecular weight excluding hydrogens is 448 g/mol. The first kappa shape index (κ1) is 33.4. The average molecular weight is 501 g/mol. The zero-order chi connectivity index (χ0) is 28.0. The van der Waals surface area contributed by atoms with Gasteiger partial charge in [0.2, 0.25) is 0 Å². The van der Waals surface area contributed by atoms with Gasteiger partial charge >= 0.3 is 17.9 Å². The zero-order valence-corrected chi connectivity index (χ0v) is 24.6. The lowest BCUT2D eigenvalue weighted by atomic mass is 9.47. The van der Waals surface area contributed by atoms with E-state index in [1.165, 1.54) is 7.11 Å². The van der Waals surface area contributed by atoms with E-state index in [1.807, 2.05) is 34.6 Å². The molecule has 0 aromatic heterocycles. The number of rotatable bonds is 13. The highest BCUT2D eigenvalue weighted by Crippen LogP contribution is 2.60. The van der Waals surface area contributed by atoms with E-state index < -0.39 is 39.7 Å². The van der Waals surface area contributed by atoms with Gasteiger partial charge in [0.1, 0.15) is 19.3 Å². The van der Waals surface area contributed by atoms with Crippen LogP contribution in [0.25, 0.3) is 0 Å². The van der Waals surface area contributed by atoms with Crippen molar-refractivity contribution in [1.82, 2.24) is 0 Å². The minimum atomic E-state index is -1.10. The molecule has 0 bridgehead atoms. The summed E-state index contributed by atoms with van der Waals surface area (Å²) in [6.45, 7) is 23.5. The van der Waals surface area contributed by atoms with Crippen molar-refractivity contribution < 1.29 is 33.7 Å². The number of aliphatic hydroxyl groups is 1. The second-order valence-electron chi connectivity index (χ2n) is 13.0. The number of esters is 3. The van der Waals surface area contributed by atoms with Gasteiger partial charge in [0.25, 0.3) is 0 Å². The van der Waals surface area contributed by atoms with Crippen LogP contribution >= 0.6 is 0 Å². The molecule has 0 aromatic carbocycles. The second-order valence-corrected chi connectivity index (χ2v) is 13.0. The molecule has 1 N–H and O–H groups in total. The van der Waals surface area contributed by atoms with Crippen LogP contribution in [0.15, 0.2) is 0 Å². The maximum absolute atomic E-state index is 13.6. The van der Waals surface area contributed by atoms with Gasteiger partial charge in [-0.3, -0.25) is 14.4 Å². The lowest BCUT2D eigenvalue weighted by molar-refractivity contribution is -0.181. The SMILES string of the molecule is CCC(=O)OCC(O)COC(=O)C(C)(CC(C)C)C(C)(C)C(C)(C)CC(C)(C(=O)OC)C(C)(C)C. The molecule has 0 fully saturated rings. The summed E-state index contributed by atoms with van der Waals surface area (Å²) in [5.41, 5.74) is -3.17. The van der Waals surface area contributed by atoms with Gasteiger partial charge in [-0.1, -0.05) is 69.2 Å². The molecule has 0 radical (unpaired) electrons. The molecule has 0 aromatic rings. The van der Waals surface area contributed by atoms with Crippen LogP contribution < -0.4 is 0 Å². The minimum absolute atomic E-state index is 0.202. The Kier molecular flexibility index (Phi) is 11.5. The summed E-state index contributed by atoms with van der Waals surface area (Å²) in [5, 5.41) is 10.2. The Balaban J connectivity index is 6.10. The third kappa shape index (κ3) is 7.68. The summed E-state index contributed by atoms with van der Waals surface area (Å²) in [7, 11) is 1.41. The normalized spacial score (nSPS) is 17.2. The molecule has 206 valence electrons. The Labute approximate surface area is 213 Å². The summed E-state index contributed by atoms with van der Waals surface area (Å²) in [5.74, 6) is -0.907. The number of carbonyl (C=O) groups excluding carboxylic acids is 3. The Morgan fingerprint density at radius 2 is 1.29 bits per heavy atom. The Hall–Kier alpha value is -1.63. The van der Waals surface area contributed by atoms with Crippen LogP contribution in [0, 0.1) is 33.0 Å². The number of methoxy groups -OCH3 is 1. The first-order valence-electron chi connectivity index (χ1n) is 12.7. The van der Waals surface area contributed by atoms with Gasteiger partial charge in [-0.15, -0.1) is 0 Å². The molecule has 7 nitrogen and oxygen atoms in total. The molecule has 35 heavy (non-hydrogen) atoms. The molecule has 0 rings (SSSR count). The fourth-order valence-electron chi connectivity index (χ4n) is 4.80. The van der Waals surface area contributed by atoms with Crippen molar-refractivity contribution in [2.45, 2.75) is 108 Å². The number of aliphatic hydroxyl groups excluding tert-OH is 1. The third-order valence-electron chi connectivity index (χ3n) is 8.56. The largest absolute Gasteiger partial charge is 0.469 e. The first-order chi connectivity index (χ1) is 15.6. The molecule has 3 unspecified atom stereocenters. The number of ether oxygens (including phenoxy) is 3. The highest BCUT2D eigenvalue weighted by atomic mass is 16.6. The van der Waals surface area contributed by atoms with Crippen molar-refractivity contribution in [2.24, 2.45) is 33.0 Å². The van der Waals surface area contributed by atoms with Crippen molar-refractivity contribution in [3.05, 3.63) is 0 Å². The maximum Gasteiger partial charge on any atom is 0.312 e. The highest BCUT2D eigenvalue weighted by molar-refractivity contribution is 5.78. The van der Waals surface area contributed by atoms with E-state index in [4.69, 9.17) is 14.2 Å². The summed E-state index contributed by atoms with van der Waals surface area (Å²) in [6, 6.07) is 0. The minimum Gasteiger partial charge on any atom is -0.469 e. The van der Waals surface area contributed by atoms with Crippen molar-refractivity contribution in [3.8, 4) is 0 Å². The van der Waals surface area contributed by atoms with E-state index in [0.717, 1.165) is 0 Å². The molecule has 0 aliphatic carbocycles. The molecule has 0 aliphatic heterocycles. The Morgan fingerprint density at radius 1 is 0.800 bits per heavy atom. The molecule has 7 heteroatoms. The van der Waals surface area contributed by atoms with Gasteiger partial charge in [0.15, 0.2) is 0 Å². The van der Waals surface area contributed by atoms with Crippen LogP contribution in [0.3, 0.4) is 0 Å². The standard InChI is InChI=1S/C28H52O7/c1-14-21(30)34-16-20(29)17-35-23(32)27(11,15-19(2)3)26(9,10)25(7,8)18-28(12,22(31)33-13)24(4,5)6/h19-20,29H,14-18H2,1-13H3. The Bertz CT molecular complexity index is 732. The fraction of sp³-hybridized carbons (Fsp3) is 0.893. The van der Waals surface area contributed by atoms with Crippen LogP contribution in [-0.2, 0) is 28.6 Å². The summed E-state index contributed by atoms with van der Waals surface area (Å²) in [4.78, 5) is 37.9. The van der Waals surface area contributed by atoms with Crippen LogP contribution in [0.5, 0.6) is 0 Å². The van der Waals surface area contributed by atoms with Gasteiger partial charge in [0.05, 0.1) is 17.9 Å². The highest BCUT2D eigenvalue weighted by Gasteiger charge is 2.59. The molecule has 0 saturated heterocycles. The first-order valence-corrected chi connectivity index (χ1v) is 12.7. The van der Waals surface area contributed by atoms with Gasteiger partial charge < -0.3 is 19.3 Å². The maximum atomic E-state index is 13.6. The summed E-state index contributed by atoms with van der Waals surface area (Å²) in [6.07, 6.45) is 0.173. The molecule has 0 amide bonds. The van der Waals surface area contributed by atoms with Crippen LogP contribution in [0.1, 0.15) is 102 Å². The predicted molar refractivity (Wildman–Crippen MR) is 138 cm³/mol. The van der Waals surface area contributed by atoms with Crippen LogP contribution in [0.4, 0.5) is 0 Å². The van der Waals surface area contributed by atoms with Gasteiger partial charge in [0, 0.05) is 6.42 Å². The molecule has 3 atom stereocenters. The molecule has 0 spiro atoms. The van der Waals surface area contributed by atoms with Crippen molar-refractivity contribution >= 4 is 17.9 Å². The average Bonchev–Trinajstić information content (AvgIpc) is 2.72. The van der Waals surface area contributed by atoms with E-state index >= 15 is 0 Å². The topological polar surface area (TPSA) is 99.1 Å². The van der Waals surface area contributed by atoms with Crippen molar-refractivity contribution in [1.29, 1.82) is 0 Å². The molecule has 0 saturated carbocycles. The van der Waals surface area contributed by atoms with E-state index in [9.17, 15) is 19.5 Å². The van der Waals surface area contributed by atoms with Crippen molar-refractivity contribution in [3.63, 3.8) is 0 Å². The third-order valence-corrected chi connectivity index (χ3v) is 8.56. The molecular formula is C28H52O7. The fourth-order valence-corrected chi connectivity index (χ4v) is 4.80. The number of hydrogen-bond donors (Lipinski definition) is 1. The lowest BCUT2D eigenvalue weighted by Crippen LogP contribution is -2.55. The van der Waals surface area contributed by atoms with E-state index in [1.54, 1.807) is 6.92 Å². The van der Waals surface area contributed by atoms with E-state index in [-0.39, 0.29) is 36.9 Å². The molecule has 0 aliphatic rings. The number of carbonyl (C=O) groups is 3.